The number of hydrogen-bond acceptors (Lipinski definition) is 2. The Morgan fingerprint density at radius 3 is 2.52 bits per heavy atom. The Labute approximate surface area is 153 Å². The second-order valence-corrected chi connectivity index (χ2v) is 5.71. The van der Waals surface area contributed by atoms with E-state index in [0.29, 0.717) is 18.9 Å². The standard InChI is InChI=1S/C16H23FN4O.HI/c1-19-16(20-9-12-2-3-12)21-10-13(15(18)22)8-11-4-6-14(17)7-5-11;/h4-7,12-13H,2-3,8-10H2,1H3,(H2,18,22)(H2,19,20,21);1H. The number of halogens is 2. The van der Waals surface area contributed by atoms with Crippen LogP contribution in [0.1, 0.15) is 18.4 Å². The second kappa shape index (κ2) is 9.69. The van der Waals surface area contributed by atoms with Gasteiger partial charge in [0.05, 0.1) is 5.92 Å². The van der Waals surface area contributed by atoms with Crippen molar-refractivity contribution in [3.05, 3.63) is 35.6 Å². The van der Waals surface area contributed by atoms with Gasteiger partial charge in [0.1, 0.15) is 5.82 Å². The normalized spacial score (nSPS) is 15.5. The molecule has 0 heterocycles. The molecule has 1 atom stereocenters. The van der Waals surface area contributed by atoms with Gasteiger partial charge in [0.15, 0.2) is 5.96 Å². The molecular weight excluding hydrogens is 410 g/mol. The van der Waals surface area contributed by atoms with Crippen molar-refractivity contribution < 1.29 is 9.18 Å². The number of nitrogens with one attached hydrogen (secondary N) is 2. The van der Waals surface area contributed by atoms with E-state index in [4.69, 9.17) is 5.73 Å². The van der Waals surface area contributed by atoms with Crippen LogP contribution in [0.3, 0.4) is 0 Å². The largest absolute Gasteiger partial charge is 0.369 e. The van der Waals surface area contributed by atoms with E-state index in [0.717, 1.165) is 18.0 Å². The van der Waals surface area contributed by atoms with Gasteiger partial charge in [0.25, 0.3) is 0 Å². The SMILES string of the molecule is CN=C(NCC1CC1)NCC(Cc1ccc(F)cc1)C(N)=O.I. The topological polar surface area (TPSA) is 79.5 Å². The van der Waals surface area contributed by atoms with Crippen molar-refractivity contribution in [2.45, 2.75) is 19.3 Å². The van der Waals surface area contributed by atoms with Crippen molar-refractivity contribution >= 4 is 35.8 Å². The number of primary amides is 1. The molecule has 23 heavy (non-hydrogen) atoms. The van der Waals surface area contributed by atoms with E-state index < -0.39 is 0 Å². The summed E-state index contributed by atoms with van der Waals surface area (Å²) in [5.41, 5.74) is 6.34. The van der Waals surface area contributed by atoms with Crippen molar-refractivity contribution in [2.75, 3.05) is 20.1 Å². The van der Waals surface area contributed by atoms with Crippen LogP contribution in [0.5, 0.6) is 0 Å². The van der Waals surface area contributed by atoms with Crippen LogP contribution in [0.15, 0.2) is 29.3 Å². The molecule has 0 aliphatic heterocycles. The number of aliphatic imine (C=N–C) groups is 1. The van der Waals surface area contributed by atoms with Crippen LogP contribution >= 0.6 is 24.0 Å². The predicted molar refractivity (Wildman–Crippen MR) is 100 cm³/mol. The van der Waals surface area contributed by atoms with Gasteiger partial charge in [0.2, 0.25) is 5.91 Å². The van der Waals surface area contributed by atoms with Crippen LogP contribution < -0.4 is 16.4 Å². The minimum Gasteiger partial charge on any atom is -0.369 e. The van der Waals surface area contributed by atoms with Crippen molar-refractivity contribution in [1.29, 1.82) is 0 Å². The fraction of sp³-hybridized carbons (Fsp3) is 0.500. The summed E-state index contributed by atoms with van der Waals surface area (Å²) in [4.78, 5) is 15.7. The first-order valence-electron chi connectivity index (χ1n) is 7.56. The zero-order chi connectivity index (χ0) is 15.9. The van der Waals surface area contributed by atoms with Crippen LogP contribution in [0.2, 0.25) is 0 Å². The summed E-state index contributed by atoms with van der Waals surface area (Å²) in [6, 6.07) is 6.12. The van der Waals surface area contributed by atoms with Crippen molar-refractivity contribution in [3.8, 4) is 0 Å². The Morgan fingerprint density at radius 1 is 1.35 bits per heavy atom. The molecule has 0 radical (unpaired) electrons. The minimum absolute atomic E-state index is 0. The zero-order valence-electron chi connectivity index (χ0n) is 13.2. The van der Waals surface area contributed by atoms with E-state index in [9.17, 15) is 9.18 Å². The summed E-state index contributed by atoms with van der Waals surface area (Å²) in [6.45, 7) is 1.30. The molecule has 2 rings (SSSR count). The monoisotopic (exact) mass is 434 g/mol. The van der Waals surface area contributed by atoms with Crippen LogP contribution in [-0.4, -0.2) is 32.0 Å². The highest BCUT2D eigenvalue weighted by Crippen LogP contribution is 2.27. The van der Waals surface area contributed by atoms with Gasteiger partial charge in [-0.25, -0.2) is 4.39 Å². The lowest BCUT2D eigenvalue weighted by Crippen LogP contribution is -2.43. The summed E-state index contributed by atoms with van der Waals surface area (Å²) in [5, 5.41) is 6.36. The van der Waals surface area contributed by atoms with E-state index >= 15 is 0 Å². The summed E-state index contributed by atoms with van der Waals surface area (Å²) in [6.07, 6.45) is 3.00. The quantitative estimate of drug-likeness (QED) is 0.347. The van der Waals surface area contributed by atoms with E-state index in [-0.39, 0.29) is 41.6 Å². The number of hydrogen-bond donors (Lipinski definition) is 3. The molecule has 1 saturated carbocycles. The molecule has 7 heteroatoms. The first kappa shape index (κ1) is 19.7. The number of carbonyl (C=O) groups is 1. The highest BCUT2D eigenvalue weighted by atomic mass is 127. The highest BCUT2D eigenvalue weighted by Gasteiger charge is 2.21. The lowest BCUT2D eigenvalue weighted by Gasteiger charge is -2.17. The Hall–Kier alpha value is -1.38. The molecule has 0 saturated heterocycles. The number of guanidine groups is 1. The Bertz CT molecular complexity index is 531. The molecular formula is C16H24FIN4O. The Morgan fingerprint density at radius 2 is 2.00 bits per heavy atom. The third-order valence-electron chi connectivity index (χ3n) is 3.79. The Balaban J connectivity index is 0.00000264. The Kier molecular flexibility index (Phi) is 8.29. The second-order valence-electron chi connectivity index (χ2n) is 5.71. The van der Waals surface area contributed by atoms with Crippen LogP contribution in [0.25, 0.3) is 0 Å². The molecule has 128 valence electrons. The minimum atomic E-state index is -0.380. The fourth-order valence-electron chi connectivity index (χ4n) is 2.18. The summed E-state index contributed by atoms with van der Waals surface area (Å²) in [7, 11) is 1.70. The van der Waals surface area contributed by atoms with Gasteiger partial charge in [-0.3, -0.25) is 9.79 Å². The first-order chi connectivity index (χ1) is 10.6. The zero-order valence-corrected chi connectivity index (χ0v) is 15.5. The molecule has 1 unspecified atom stereocenters. The van der Waals surface area contributed by atoms with Crippen molar-refractivity contribution in [2.24, 2.45) is 22.6 Å². The highest BCUT2D eigenvalue weighted by molar-refractivity contribution is 14.0. The van der Waals surface area contributed by atoms with Gasteiger partial charge in [-0.05, 0) is 42.9 Å². The smallest absolute Gasteiger partial charge is 0.222 e. The van der Waals surface area contributed by atoms with E-state index in [2.05, 4.69) is 15.6 Å². The third kappa shape index (κ3) is 7.15. The molecule has 0 bridgehead atoms. The van der Waals surface area contributed by atoms with Gasteiger partial charge in [-0.2, -0.15) is 0 Å². The van der Waals surface area contributed by atoms with Gasteiger partial charge >= 0.3 is 0 Å². The van der Waals surface area contributed by atoms with Gasteiger partial charge < -0.3 is 16.4 Å². The predicted octanol–water partition coefficient (Wildman–Crippen LogP) is 1.66. The molecule has 0 aromatic heterocycles. The fourth-order valence-corrected chi connectivity index (χ4v) is 2.18. The average molecular weight is 434 g/mol. The molecule has 1 aromatic rings. The molecule has 5 nitrogen and oxygen atoms in total. The number of amides is 1. The number of rotatable bonds is 7. The summed E-state index contributed by atoms with van der Waals surface area (Å²) < 4.78 is 12.9. The molecule has 1 aromatic carbocycles. The van der Waals surface area contributed by atoms with Crippen LogP contribution in [-0.2, 0) is 11.2 Å². The van der Waals surface area contributed by atoms with E-state index in [1.807, 2.05) is 0 Å². The van der Waals surface area contributed by atoms with E-state index in [1.165, 1.54) is 25.0 Å². The first-order valence-corrected chi connectivity index (χ1v) is 7.56. The number of nitrogens with two attached hydrogens (primary N) is 1. The number of carbonyl (C=O) groups excluding carboxylic acids is 1. The molecule has 0 spiro atoms. The maximum absolute atomic E-state index is 12.9. The lowest BCUT2D eigenvalue weighted by atomic mass is 9.98. The average Bonchev–Trinajstić information content (AvgIpc) is 3.32. The van der Waals surface area contributed by atoms with Crippen molar-refractivity contribution in [1.82, 2.24) is 10.6 Å². The number of nitrogens with zero attached hydrogens (tertiary/aromatic N) is 1. The molecule has 1 fully saturated rings. The number of benzene rings is 1. The summed E-state index contributed by atoms with van der Waals surface area (Å²) in [5.74, 6) is 0.378. The molecule has 1 aliphatic rings. The van der Waals surface area contributed by atoms with Crippen LogP contribution in [0.4, 0.5) is 4.39 Å². The lowest BCUT2D eigenvalue weighted by molar-refractivity contribution is -0.121. The van der Waals surface area contributed by atoms with Gasteiger partial charge in [-0.1, -0.05) is 12.1 Å². The molecule has 4 N–H and O–H groups in total. The maximum atomic E-state index is 12.9. The molecule has 1 aliphatic carbocycles. The summed E-state index contributed by atoms with van der Waals surface area (Å²) >= 11 is 0. The molecule has 1 amide bonds. The van der Waals surface area contributed by atoms with E-state index in [1.54, 1.807) is 19.2 Å². The van der Waals surface area contributed by atoms with Crippen molar-refractivity contribution in [3.63, 3.8) is 0 Å². The van der Waals surface area contributed by atoms with Gasteiger partial charge in [-0.15, -0.1) is 24.0 Å². The third-order valence-corrected chi connectivity index (χ3v) is 3.79. The van der Waals surface area contributed by atoms with Gasteiger partial charge in [0, 0.05) is 20.1 Å². The maximum Gasteiger partial charge on any atom is 0.222 e. The van der Waals surface area contributed by atoms with Crippen LogP contribution in [0, 0.1) is 17.7 Å².